The first-order valence-electron chi connectivity index (χ1n) is 8.01. The number of rotatable bonds is 4. The second kappa shape index (κ2) is 6.77. The smallest absolute Gasteiger partial charge is 0.285 e. The number of nitrogens with zero attached hydrogens (tertiary/aromatic N) is 4. The second-order valence-electron chi connectivity index (χ2n) is 5.91. The minimum absolute atomic E-state index is 0.0654. The van der Waals surface area contributed by atoms with Gasteiger partial charge >= 0.3 is 0 Å². The minimum atomic E-state index is -0.520. The molecule has 0 radical (unpaired) electrons. The number of nitro groups is 1. The van der Waals surface area contributed by atoms with E-state index in [1.165, 1.54) is 6.07 Å². The Morgan fingerprint density at radius 2 is 2.17 bits per heavy atom. The average Bonchev–Trinajstić information content (AvgIpc) is 2.78. The highest BCUT2D eigenvalue weighted by atomic mass is 16.6. The van der Waals surface area contributed by atoms with Crippen molar-refractivity contribution in [3.05, 3.63) is 51.1 Å². The molecule has 2 aromatic rings. The summed E-state index contributed by atoms with van der Waals surface area (Å²) < 4.78 is 2.04. The van der Waals surface area contributed by atoms with Gasteiger partial charge in [-0.05, 0) is 25.8 Å². The molecule has 0 aliphatic carbocycles. The van der Waals surface area contributed by atoms with Crippen molar-refractivity contribution in [2.45, 2.75) is 45.7 Å². The van der Waals surface area contributed by atoms with Gasteiger partial charge < -0.3 is 9.88 Å². The number of fused-ring (bicyclic) bond motifs is 1. The van der Waals surface area contributed by atoms with Crippen LogP contribution in [0.1, 0.15) is 46.8 Å². The minimum Gasteiger partial charge on any atom is -0.345 e. The summed E-state index contributed by atoms with van der Waals surface area (Å²) in [4.78, 5) is 23.1. The van der Waals surface area contributed by atoms with Crippen LogP contribution in [0.2, 0.25) is 0 Å². The Bertz CT molecular complexity index is 784. The fraction of sp³-hybridized carbons (Fsp3) is 0.438. The molecule has 1 aliphatic heterocycles. The van der Waals surface area contributed by atoms with Crippen LogP contribution in [0.4, 0.5) is 5.69 Å². The number of para-hydroxylation sites is 1. The van der Waals surface area contributed by atoms with Crippen molar-refractivity contribution >= 4 is 11.6 Å². The van der Waals surface area contributed by atoms with Gasteiger partial charge in [0.2, 0.25) is 0 Å². The molecule has 0 saturated heterocycles. The van der Waals surface area contributed by atoms with Crippen LogP contribution in [0, 0.1) is 17.0 Å². The zero-order chi connectivity index (χ0) is 17.1. The number of hydrogen-bond donors (Lipinski definition) is 1. The van der Waals surface area contributed by atoms with E-state index in [1.807, 2.05) is 4.57 Å². The van der Waals surface area contributed by atoms with E-state index in [0.717, 1.165) is 38.1 Å². The molecule has 8 heteroatoms. The molecule has 1 aromatic heterocycles. The molecule has 0 saturated carbocycles. The molecule has 0 bridgehead atoms. The first kappa shape index (κ1) is 16.1. The first-order chi connectivity index (χ1) is 11.6. The Balaban J connectivity index is 1.76. The molecule has 126 valence electrons. The van der Waals surface area contributed by atoms with E-state index >= 15 is 0 Å². The largest absolute Gasteiger partial charge is 0.345 e. The van der Waals surface area contributed by atoms with Crippen molar-refractivity contribution < 1.29 is 9.72 Å². The standard InChI is InChI=1S/C16H19N5O3/c1-11-6-5-7-12(15(11)21(23)24)16(22)17-10-14-19-18-13-8-3-2-4-9-20(13)14/h5-7H,2-4,8-10H2,1H3,(H,17,22). The van der Waals surface area contributed by atoms with Gasteiger partial charge in [-0.15, -0.1) is 10.2 Å². The molecule has 0 spiro atoms. The molecule has 0 atom stereocenters. The van der Waals surface area contributed by atoms with E-state index in [4.69, 9.17) is 0 Å². The van der Waals surface area contributed by atoms with Crippen LogP contribution < -0.4 is 5.32 Å². The normalized spacial score (nSPS) is 13.9. The lowest BCUT2D eigenvalue weighted by Crippen LogP contribution is -2.26. The third-order valence-corrected chi connectivity index (χ3v) is 4.26. The maximum absolute atomic E-state index is 12.4. The van der Waals surface area contributed by atoms with E-state index < -0.39 is 10.8 Å². The number of carbonyl (C=O) groups is 1. The number of aryl methyl sites for hydroxylation is 2. The lowest BCUT2D eigenvalue weighted by Gasteiger charge is -2.09. The zero-order valence-electron chi connectivity index (χ0n) is 13.5. The van der Waals surface area contributed by atoms with Crippen molar-refractivity contribution in [2.24, 2.45) is 0 Å². The molecular formula is C16H19N5O3. The Morgan fingerprint density at radius 3 is 2.96 bits per heavy atom. The van der Waals surface area contributed by atoms with Gasteiger partial charge in [-0.3, -0.25) is 14.9 Å². The van der Waals surface area contributed by atoms with Gasteiger partial charge in [0.25, 0.3) is 11.6 Å². The third-order valence-electron chi connectivity index (χ3n) is 4.26. The molecule has 0 unspecified atom stereocenters. The van der Waals surface area contributed by atoms with Crippen LogP contribution in [0.3, 0.4) is 0 Å². The second-order valence-corrected chi connectivity index (χ2v) is 5.91. The van der Waals surface area contributed by atoms with E-state index in [9.17, 15) is 14.9 Å². The molecule has 24 heavy (non-hydrogen) atoms. The third kappa shape index (κ3) is 3.12. The van der Waals surface area contributed by atoms with Crippen LogP contribution in [-0.4, -0.2) is 25.6 Å². The summed E-state index contributed by atoms with van der Waals surface area (Å²) in [5.74, 6) is 1.16. The fourth-order valence-electron chi connectivity index (χ4n) is 3.02. The number of benzene rings is 1. The Morgan fingerprint density at radius 1 is 1.33 bits per heavy atom. The number of amides is 1. The number of carbonyl (C=O) groups excluding carboxylic acids is 1. The Hall–Kier alpha value is -2.77. The van der Waals surface area contributed by atoms with Crippen molar-refractivity contribution in [2.75, 3.05) is 0 Å². The summed E-state index contributed by atoms with van der Waals surface area (Å²) in [6.45, 7) is 2.67. The molecule has 1 N–H and O–H groups in total. The number of aromatic nitrogens is 3. The van der Waals surface area contributed by atoms with Crippen LogP contribution >= 0.6 is 0 Å². The van der Waals surface area contributed by atoms with Gasteiger partial charge in [-0.2, -0.15) is 0 Å². The summed E-state index contributed by atoms with van der Waals surface area (Å²) >= 11 is 0. The molecule has 8 nitrogen and oxygen atoms in total. The maximum atomic E-state index is 12.4. The lowest BCUT2D eigenvalue weighted by atomic mass is 10.1. The molecular weight excluding hydrogens is 310 g/mol. The molecule has 1 amide bonds. The van der Waals surface area contributed by atoms with Gasteiger partial charge in [0.1, 0.15) is 11.4 Å². The fourth-order valence-corrected chi connectivity index (χ4v) is 3.02. The number of hydrogen-bond acceptors (Lipinski definition) is 5. The summed E-state index contributed by atoms with van der Waals surface area (Å²) in [6.07, 6.45) is 4.21. The van der Waals surface area contributed by atoms with Crippen LogP contribution in [-0.2, 0) is 19.5 Å². The van der Waals surface area contributed by atoms with Crippen LogP contribution in [0.5, 0.6) is 0 Å². The van der Waals surface area contributed by atoms with Gasteiger partial charge in [0, 0.05) is 18.5 Å². The molecule has 2 heterocycles. The molecule has 0 fully saturated rings. The highest BCUT2D eigenvalue weighted by Gasteiger charge is 2.23. The maximum Gasteiger partial charge on any atom is 0.285 e. The van der Waals surface area contributed by atoms with Crippen molar-refractivity contribution in [1.29, 1.82) is 0 Å². The highest BCUT2D eigenvalue weighted by molar-refractivity contribution is 5.98. The SMILES string of the molecule is Cc1cccc(C(=O)NCc2nnc3n2CCCCC3)c1[N+](=O)[O-]. The highest BCUT2D eigenvalue weighted by Crippen LogP contribution is 2.23. The summed E-state index contributed by atoms with van der Waals surface area (Å²) in [7, 11) is 0. The summed E-state index contributed by atoms with van der Waals surface area (Å²) in [5, 5.41) is 22.3. The Labute approximate surface area is 139 Å². The lowest BCUT2D eigenvalue weighted by molar-refractivity contribution is -0.385. The van der Waals surface area contributed by atoms with Crippen molar-refractivity contribution in [1.82, 2.24) is 20.1 Å². The van der Waals surface area contributed by atoms with Crippen molar-refractivity contribution in [3.63, 3.8) is 0 Å². The number of nitro benzene ring substituents is 1. The van der Waals surface area contributed by atoms with Gasteiger partial charge in [0.05, 0.1) is 11.5 Å². The van der Waals surface area contributed by atoms with E-state index in [1.54, 1.807) is 19.1 Å². The number of nitrogens with one attached hydrogen (secondary N) is 1. The molecule has 1 aromatic carbocycles. The Kier molecular flexibility index (Phi) is 4.54. The van der Waals surface area contributed by atoms with E-state index in [0.29, 0.717) is 11.4 Å². The topological polar surface area (TPSA) is 103 Å². The van der Waals surface area contributed by atoms with Crippen LogP contribution in [0.25, 0.3) is 0 Å². The predicted molar refractivity (Wildman–Crippen MR) is 86.6 cm³/mol. The first-order valence-corrected chi connectivity index (χ1v) is 8.01. The monoisotopic (exact) mass is 329 g/mol. The van der Waals surface area contributed by atoms with Crippen LogP contribution in [0.15, 0.2) is 18.2 Å². The van der Waals surface area contributed by atoms with Gasteiger partial charge in [-0.25, -0.2) is 0 Å². The van der Waals surface area contributed by atoms with E-state index in [2.05, 4.69) is 15.5 Å². The molecule has 3 rings (SSSR count). The molecule has 1 aliphatic rings. The van der Waals surface area contributed by atoms with Gasteiger partial charge in [0.15, 0.2) is 5.82 Å². The average molecular weight is 329 g/mol. The van der Waals surface area contributed by atoms with Crippen molar-refractivity contribution in [3.8, 4) is 0 Å². The quantitative estimate of drug-likeness (QED) is 0.684. The predicted octanol–water partition coefficient (Wildman–Crippen LogP) is 2.15. The van der Waals surface area contributed by atoms with E-state index in [-0.39, 0.29) is 17.8 Å². The summed E-state index contributed by atoms with van der Waals surface area (Å²) in [6, 6.07) is 4.72. The zero-order valence-corrected chi connectivity index (χ0v) is 13.5. The summed E-state index contributed by atoms with van der Waals surface area (Å²) in [5.41, 5.74) is 0.370. The van der Waals surface area contributed by atoms with Gasteiger partial charge in [-0.1, -0.05) is 18.6 Å².